The van der Waals surface area contributed by atoms with Crippen LogP contribution in [-0.4, -0.2) is 17.9 Å². The van der Waals surface area contributed by atoms with Crippen molar-refractivity contribution in [2.75, 3.05) is 4.90 Å². The molecule has 34 heavy (non-hydrogen) atoms. The van der Waals surface area contributed by atoms with Gasteiger partial charge in [-0.05, 0) is 61.2 Å². The van der Waals surface area contributed by atoms with E-state index in [-0.39, 0.29) is 11.8 Å². The summed E-state index contributed by atoms with van der Waals surface area (Å²) in [6.07, 6.45) is 6.43. The minimum atomic E-state index is -0.0209. The van der Waals surface area contributed by atoms with E-state index in [1.54, 1.807) is 0 Å². The number of amides is 2. The van der Waals surface area contributed by atoms with E-state index in [0.717, 1.165) is 34.6 Å². The summed E-state index contributed by atoms with van der Waals surface area (Å²) in [7, 11) is 0. The predicted octanol–water partition coefficient (Wildman–Crippen LogP) is 6.35. The number of nitrogens with one attached hydrogen (secondary N) is 1. The Morgan fingerprint density at radius 3 is 2.44 bits per heavy atom. The van der Waals surface area contributed by atoms with Gasteiger partial charge in [0.15, 0.2) is 0 Å². The largest absolute Gasteiger partial charge is 0.349 e. The number of hydrogen-bond acceptors (Lipinski definition) is 3. The molecule has 3 aromatic rings. The summed E-state index contributed by atoms with van der Waals surface area (Å²) in [5, 5.41) is 3.13. The third-order valence-electron chi connectivity index (χ3n) is 6.45. The Labute approximate surface area is 205 Å². The van der Waals surface area contributed by atoms with Gasteiger partial charge in [0.1, 0.15) is 0 Å². The number of aryl methyl sites for hydroxylation is 1. The highest BCUT2D eigenvalue weighted by atomic mass is 32.2. The highest BCUT2D eigenvalue weighted by Gasteiger charge is 2.29. The van der Waals surface area contributed by atoms with Gasteiger partial charge in [0.2, 0.25) is 0 Å². The average Bonchev–Trinajstić information content (AvgIpc) is 3.36. The molecule has 4 nitrogen and oxygen atoms in total. The fraction of sp³-hybridized carbons (Fsp3) is 0.241. The number of carbonyl (C=O) groups excluding carboxylic acids is 2. The van der Waals surface area contributed by atoms with Gasteiger partial charge in [-0.15, -0.1) is 0 Å². The van der Waals surface area contributed by atoms with Crippen LogP contribution in [0.25, 0.3) is 6.08 Å². The fourth-order valence-electron chi connectivity index (χ4n) is 4.52. The number of nitrogens with zero attached hydrogens (tertiary/aromatic N) is 1. The van der Waals surface area contributed by atoms with Crippen molar-refractivity contribution in [2.24, 2.45) is 0 Å². The van der Waals surface area contributed by atoms with E-state index in [1.165, 1.54) is 30.2 Å². The lowest BCUT2D eigenvalue weighted by Gasteiger charge is -2.30. The molecular formula is C29H28N2O2S. The van der Waals surface area contributed by atoms with Crippen molar-refractivity contribution in [1.82, 2.24) is 5.32 Å². The zero-order valence-electron chi connectivity index (χ0n) is 19.3. The molecule has 0 aromatic heterocycles. The Morgan fingerprint density at radius 2 is 1.71 bits per heavy atom. The number of para-hydroxylation sites is 1. The number of thioether (sulfide) groups is 1. The van der Waals surface area contributed by atoms with Gasteiger partial charge in [-0.3, -0.25) is 9.59 Å². The van der Waals surface area contributed by atoms with Crippen molar-refractivity contribution >= 4 is 35.3 Å². The zero-order valence-corrected chi connectivity index (χ0v) is 20.1. The summed E-state index contributed by atoms with van der Waals surface area (Å²) in [6.45, 7) is 2.58. The van der Waals surface area contributed by atoms with Crippen LogP contribution >= 0.6 is 11.8 Å². The van der Waals surface area contributed by atoms with Crippen LogP contribution in [0.1, 0.15) is 52.7 Å². The minimum absolute atomic E-state index is 0.00710. The van der Waals surface area contributed by atoms with Crippen LogP contribution in [0.4, 0.5) is 5.69 Å². The van der Waals surface area contributed by atoms with E-state index in [9.17, 15) is 9.59 Å². The van der Waals surface area contributed by atoms with Gasteiger partial charge in [-0.1, -0.05) is 78.7 Å². The molecule has 5 heteroatoms. The predicted molar refractivity (Wildman–Crippen MR) is 139 cm³/mol. The number of benzene rings is 3. The van der Waals surface area contributed by atoms with Crippen LogP contribution in [-0.2, 0) is 11.3 Å². The molecule has 0 radical (unpaired) electrons. The first-order valence-corrected chi connectivity index (χ1v) is 12.7. The minimum Gasteiger partial charge on any atom is -0.349 e. The average molecular weight is 469 g/mol. The normalized spacial score (nSPS) is 17.1. The topological polar surface area (TPSA) is 49.4 Å². The molecule has 1 heterocycles. The first-order valence-electron chi connectivity index (χ1n) is 11.8. The molecule has 0 atom stereocenters. The Kier molecular flexibility index (Phi) is 6.54. The number of rotatable bonds is 5. The van der Waals surface area contributed by atoms with Crippen molar-refractivity contribution < 1.29 is 9.59 Å². The summed E-state index contributed by atoms with van der Waals surface area (Å²) in [5.41, 5.74) is 4.79. The van der Waals surface area contributed by atoms with Gasteiger partial charge in [-0.2, -0.15) is 0 Å². The molecule has 2 amide bonds. The molecule has 0 bridgehead atoms. The monoisotopic (exact) mass is 468 g/mol. The smallest absolute Gasteiger partial charge is 0.265 e. The fourth-order valence-corrected chi connectivity index (χ4v) is 5.58. The standard InChI is InChI=1S/C29H28N2O2S/c1-20-10-12-22(13-11-20)19-31-25-8-4-5-9-26(25)34-27(29(31)33)18-21-14-16-23(17-15-21)28(32)30-24-6-2-3-7-24/h4-5,8-18,24H,2-3,6-7,19H2,1H3,(H,30,32). The maximum atomic E-state index is 13.5. The van der Waals surface area contributed by atoms with Crippen LogP contribution in [0.5, 0.6) is 0 Å². The molecule has 1 aliphatic carbocycles. The molecule has 1 aliphatic heterocycles. The molecule has 2 aliphatic rings. The van der Waals surface area contributed by atoms with E-state index in [4.69, 9.17) is 0 Å². The maximum Gasteiger partial charge on any atom is 0.265 e. The number of fused-ring (bicyclic) bond motifs is 1. The van der Waals surface area contributed by atoms with Gasteiger partial charge >= 0.3 is 0 Å². The maximum absolute atomic E-state index is 13.5. The lowest BCUT2D eigenvalue weighted by molar-refractivity contribution is -0.114. The summed E-state index contributed by atoms with van der Waals surface area (Å²) < 4.78 is 0. The van der Waals surface area contributed by atoms with Crippen LogP contribution in [0.3, 0.4) is 0 Å². The second-order valence-electron chi connectivity index (χ2n) is 9.03. The van der Waals surface area contributed by atoms with E-state index in [2.05, 4.69) is 42.6 Å². The molecule has 1 N–H and O–H groups in total. The van der Waals surface area contributed by atoms with E-state index < -0.39 is 0 Å². The SMILES string of the molecule is Cc1ccc(CN2C(=O)C(=Cc3ccc(C(=O)NC4CCCC4)cc3)Sc3ccccc32)cc1. The first-order chi connectivity index (χ1) is 16.6. The molecule has 0 saturated heterocycles. The van der Waals surface area contributed by atoms with Gasteiger partial charge in [0.05, 0.1) is 17.1 Å². The third-order valence-corrected chi connectivity index (χ3v) is 7.53. The van der Waals surface area contributed by atoms with Crippen LogP contribution in [0.15, 0.2) is 82.6 Å². The molecular weight excluding hydrogens is 440 g/mol. The van der Waals surface area contributed by atoms with E-state index >= 15 is 0 Å². The Bertz CT molecular complexity index is 1230. The Balaban J connectivity index is 1.37. The molecule has 0 unspecified atom stereocenters. The van der Waals surface area contributed by atoms with Crippen molar-refractivity contribution in [3.63, 3.8) is 0 Å². The van der Waals surface area contributed by atoms with Gasteiger partial charge in [-0.25, -0.2) is 0 Å². The van der Waals surface area contributed by atoms with Crippen molar-refractivity contribution in [2.45, 2.75) is 50.1 Å². The Morgan fingerprint density at radius 1 is 1.00 bits per heavy atom. The molecule has 1 saturated carbocycles. The molecule has 0 spiro atoms. The molecule has 1 fully saturated rings. The quantitative estimate of drug-likeness (QED) is 0.444. The number of hydrogen-bond donors (Lipinski definition) is 1. The molecule has 5 rings (SSSR count). The summed E-state index contributed by atoms with van der Waals surface area (Å²) in [5.74, 6) is -0.0280. The number of anilines is 1. The second kappa shape index (κ2) is 9.90. The Hall–Kier alpha value is -3.31. The van der Waals surface area contributed by atoms with Gasteiger partial charge < -0.3 is 10.2 Å². The van der Waals surface area contributed by atoms with Crippen molar-refractivity contribution in [3.05, 3.63) is 100.0 Å². The van der Waals surface area contributed by atoms with Crippen LogP contribution < -0.4 is 10.2 Å². The van der Waals surface area contributed by atoms with Crippen LogP contribution in [0.2, 0.25) is 0 Å². The number of carbonyl (C=O) groups is 2. The van der Waals surface area contributed by atoms with Gasteiger partial charge in [0.25, 0.3) is 11.8 Å². The second-order valence-corrected chi connectivity index (χ2v) is 10.1. The lowest BCUT2D eigenvalue weighted by atomic mass is 10.1. The molecule has 172 valence electrons. The molecule has 3 aromatic carbocycles. The summed E-state index contributed by atoms with van der Waals surface area (Å²) in [6, 6.07) is 24.1. The third kappa shape index (κ3) is 4.95. The highest BCUT2D eigenvalue weighted by Crippen LogP contribution is 2.42. The zero-order chi connectivity index (χ0) is 23.5. The summed E-state index contributed by atoms with van der Waals surface area (Å²) >= 11 is 1.50. The van der Waals surface area contributed by atoms with Crippen molar-refractivity contribution in [1.29, 1.82) is 0 Å². The highest BCUT2D eigenvalue weighted by molar-refractivity contribution is 8.04. The first kappa shape index (κ1) is 22.5. The van der Waals surface area contributed by atoms with Crippen LogP contribution in [0, 0.1) is 6.92 Å². The lowest BCUT2D eigenvalue weighted by Crippen LogP contribution is -2.33. The van der Waals surface area contributed by atoms with Gasteiger partial charge in [0, 0.05) is 16.5 Å². The summed E-state index contributed by atoms with van der Waals surface area (Å²) in [4.78, 5) is 29.6. The van der Waals surface area contributed by atoms with Crippen molar-refractivity contribution in [3.8, 4) is 0 Å². The van der Waals surface area contributed by atoms with E-state index in [1.807, 2.05) is 53.4 Å². The van der Waals surface area contributed by atoms with E-state index in [0.29, 0.717) is 23.1 Å².